The van der Waals surface area contributed by atoms with Gasteiger partial charge in [-0.15, -0.1) is 0 Å². The monoisotopic (exact) mass is 333 g/mol. The van der Waals surface area contributed by atoms with E-state index in [0.717, 1.165) is 9.13 Å². The minimum absolute atomic E-state index is 0.356. The molecule has 16 heavy (non-hydrogen) atoms. The number of rotatable bonds is 3. The minimum Gasteiger partial charge on any atom is -0.480 e. The van der Waals surface area contributed by atoms with Crippen molar-refractivity contribution >= 4 is 34.5 Å². The Kier molecular flexibility index (Phi) is 4.28. The van der Waals surface area contributed by atoms with Crippen molar-refractivity contribution in [2.24, 2.45) is 0 Å². The summed E-state index contributed by atoms with van der Waals surface area (Å²) in [4.78, 5) is 22.4. The van der Waals surface area contributed by atoms with Crippen LogP contribution in [0.4, 0.5) is 0 Å². The van der Waals surface area contributed by atoms with Gasteiger partial charge in [-0.05, 0) is 54.1 Å². The molecule has 0 aliphatic heterocycles. The predicted octanol–water partition coefficient (Wildman–Crippen LogP) is 1.80. The molecule has 1 aromatic carbocycles. The van der Waals surface area contributed by atoms with Crippen LogP contribution in [-0.4, -0.2) is 23.0 Å². The van der Waals surface area contributed by atoms with E-state index in [1.807, 2.05) is 13.0 Å². The van der Waals surface area contributed by atoms with Crippen molar-refractivity contribution in [2.75, 3.05) is 0 Å². The molecule has 86 valence electrons. The summed E-state index contributed by atoms with van der Waals surface area (Å²) in [5.74, 6) is -1.40. The maximum Gasteiger partial charge on any atom is 0.325 e. The summed E-state index contributed by atoms with van der Waals surface area (Å²) in [6, 6.07) is 4.47. The van der Waals surface area contributed by atoms with Crippen LogP contribution in [0.2, 0.25) is 0 Å². The molecule has 0 unspecified atom stereocenters. The highest BCUT2D eigenvalue weighted by Gasteiger charge is 2.16. The maximum absolute atomic E-state index is 11.8. The molecule has 1 rings (SSSR count). The highest BCUT2D eigenvalue weighted by molar-refractivity contribution is 14.1. The first-order valence-electron chi connectivity index (χ1n) is 4.72. The van der Waals surface area contributed by atoms with E-state index >= 15 is 0 Å². The Balaban J connectivity index is 2.89. The van der Waals surface area contributed by atoms with Crippen LogP contribution in [0, 0.1) is 10.5 Å². The van der Waals surface area contributed by atoms with Crippen LogP contribution in [0.3, 0.4) is 0 Å². The van der Waals surface area contributed by atoms with E-state index in [0.29, 0.717) is 5.56 Å². The van der Waals surface area contributed by atoms with Crippen molar-refractivity contribution in [1.29, 1.82) is 0 Å². The van der Waals surface area contributed by atoms with Gasteiger partial charge in [-0.2, -0.15) is 0 Å². The van der Waals surface area contributed by atoms with Gasteiger partial charge in [-0.3, -0.25) is 9.59 Å². The lowest BCUT2D eigenvalue weighted by molar-refractivity contribution is -0.138. The van der Waals surface area contributed by atoms with Gasteiger partial charge in [0.1, 0.15) is 6.04 Å². The molecule has 0 aliphatic carbocycles. The second kappa shape index (κ2) is 5.29. The predicted molar refractivity (Wildman–Crippen MR) is 68.5 cm³/mol. The molecular formula is C11H12INO3. The quantitative estimate of drug-likeness (QED) is 0.829. The third kappa shape index (κ3) is 2.94. The van der Waals surface area contributed by atoms with Gasteiger partial charge >= 0.3 is 5.97 Å². The Labute approximate surface area is 107 Å². The number of aliphatic carboxylic acids is 1. The van der Waals surface area contributed by atoms with Crippen LogP contribution in [0.1, 0.15) is 22.8 Å². The van der Waals surface area contributed by atoms with Gasteiger partial charge in [-0.25, -0.2) is 0 Å². The lowest BCUT2D eigenvalue weighted by atomic mass is 10.1. The smallest absolute Gasteiger partial charge is 0.325 e. The van der Waals surface area contributed by atoms with Gasteiger partial charge in [0.2, 0.25) is 0 Å². The molecule has 0 spiro atoms. The summed E-state index contributed by atoms with van der Waals surface area (Å²) in [5, 5.41) is 11.1. The Bertz CT molecular complexity index is 431. The molecule has 0 radical (unpaired) electrons. The lowest BCUT2D eigenvalue weighted by Crippen LogP contribution is -2.38. The van der Waals surface area contributed by atoms with Crippen LogP contribution in [0.25, 0.3) is 0 Å². The number of hydrogen-bond donors (Lipinski definition) is 2. The summed E-state index contributed by atoms with van der Waals surface area (Å²) >= 11 is 2.13. The second-order valence-corrected chi connectivity index (χ2v) is 4.61. The van der Waals surface area contributed by atoms with E-state index in [9.17, 15) is 9.59 Å². The Morgan fingerprint density at radius 2 is 2.06 bits per heavy atom. The fourth-order valence-electron chi connectivity index (χ4n) is 1.19. The van der Waals surface area contributed by atoms with Crippen molar-refractivity contribution in [3.05, 3.63) is 32.9 Å². The van der Waals surface area contributed by atoms with Crippen LogP contribution < -0.4 is 5.32 Å². The van der Waals surface area contributed by atoms with Crippen molar-refractivity contribution in [1.82, 2.24) is 5.32 Å². The number of nitrogens with one attached hydrogen (secondary N) is 1. The largest absolute Gasteiger partial charge is 0.480 e. The molecule has 0 saturated carbocycles. The lowest BCUT2D eigenvalue weighted by Gasteiger charge is -2.11. The molecule has 1 atom stereocenters. The zero-order valence-electron chi connectivity index (χ0n) is 8.95. The first kappa shape index (κ1) is 13.0. The molecule has 4 nitrogen and oxygen atoms in total. The highest BCUT2D eigenvalue weighted by Crippen LogP contribution is 2.15. The summed E-state index contributed by atoms with van der Waals surface area (Å²) < 4.78 is 0.980. The van der Waals surface area contributed by atoms with Crippen LogP contribution in [-0.2, 0) is 4.79 Å². The fourth-order valence-corrected chi connectivity index (χ4v) is 1.69. The minimum atomic E-state index is -1.04. The number of hydrogen-bond acceptors (Lipinski definition) is 2. The molecule has 0 aliphatic rings. The molecule has 1 aromatic rings. The Morgan fingerprint density at radius 1 is 1.44 bits per heavy atom. The van der Waals surface area contributed by atoms with Crippen LogP contribution in [0.15, 0.2) is 18.2 Å². The summed E-state index contributed by atoms with van der Waals surface area (Å²) in [7, 11) is 0. The summed E-state index contributed by atoms with van der Waals surface area (Å²) in [6.45, 7) is 3.27. The third-order valence-electron chi connectivity index (χ3n) is 2.23. The number of amides is 1. The normalized spacial score (nSPS) is 11.9. The first-order chi connectivity index (χ1) is 7.43. The average Bonchev–Trinajstić information content (AvgIpc) is 2.21. The van der Waals surface area contributed by atoms with Gasteiger partial charge in [0.15, 0.2) is 0 Å². The van der Waals surface area contributed by atoms with Crippen LogP contribution >= 0.6 is 22.6 Å². The van der Waals surface area contributed by atoms with E-state index in [4.69, 9.17) is 5.11 Å². The second-order valence-electron chi connectivity index (χ2n) is 3.45. The average molecular weight is 333 g/mol. The number of halogens is 1. The van der Waals surface area contributed by atoms with Gasteiger partial charge in [0, 0.05) is 9.13 Å². The molecule has 0 aromatic heterocycles. The Hall–Kier alpha value is -1.11. The van der Waals surface area contributed by atoms with Gasteiger partial charge in [-0.1, -0.05) is 6.07 Å². The van der Waals surface area contributed by atoms with Crippen molar-refractivity contribution in [2.45, 2.75) is 19.9 Å². The van der Waals surface area contributed by atoms with Gasteiger partial charge in [0.25, 0.3) is 5.91 Å². The summed E-state index contributed by atoms with van der Waals surface area (Å²) in [5.41, 5.74) is 1.37. The molecule has 1 amide bonds. The van der Waals surface area contributed by atoms with Crippen molar-refractivity contribution < 1.29 is 14.7 Å². The van der Waals surface area contributed by atoms with Crippen molar-refractivity contribution in [3.8, 4) is 0 Å². The Morgan fingerprint density at radius 3 is 2.62 bits per heavy atom. The topological polar surface area (TPSA) is 66.4 Å². The SMILES string of the molecule is Cc1c(I)cccc1C(=O)N[C@@H](C)C(=O)O. The summed E-state index contributed by atoms with van der Waals surface area (Å²) in [6.07, 6.45) is 0. The molecule has 0 fully saturated rings. The highest BCUT2D eigenvalue weighted by atomic mass is 127. The molecule has 5 heteroatoms. The fraction of sp³-hybridized carbons (Fsp3) is 0.273. The van der Waals surface area contributed by atoms with E-state index in [-0.39, 0.29) is 5.91 Å². The van der Waals surface area contributed by atoms with Crippen molar-refractivity contribution in [3.63, 3.8) is 0 Å². The number of benzene rings is 1. The molecule has 2 N–H and O–H groups in total. The third-order valence-corrected chi connectivity index (χ3v) is 3.40. The number of carboxylic acids is 1. The van der Waals surface area contributed by atoms with Gasteiger partial charge < -0.3 is 10.4 Å². The molecule has 0 saturated heterocycles. The number of carbonyl (C=O) groups is 2. The number of carbonyl (C=O) groups excluding carboxylic acids is 1. The van der Waals surface area contributed by atoms with Crippen LogP contribution in [0.5, 0.6) is 0 Å². The van der Waals surface area contributed by atoms with Gasteiger partial charge in [0.05, 0.1) is 0 Å². The van der Waals surface area contributed by atoms with E-state index < -0.39 is 12.0 Å². The zero-order chi connectivity index (χ0) is 12.3. The zero-order valence-corrected chi connectivity index (χ0v) is 11.1. The molecular weight excluding hydrogens is 321 g/mol. The molecule has 0 heterocycles. The van der Waals surface area contributed by atoms with E-state index in [1.54, 1.807) is 12.1 Å². The standard InChI is InChI=1S/C11H12INO3/c1-6-8(4-3-5-9(6)12)10(14)13-7(2)11(15)16/h3-5,7H,1-2H3,(H,13,14)(H,15,16)/t7-/m0/s1. The van der Waals surface area contributed by atoms with E-state index in [1.165, 1.54) is 6.92 Å². The first-order valence-corrected chi connectivity index (χ1v) is 5.80. The number of carboxylic acid groups (broad SMARTS) is 1. The molecule has 0 bridgehead atoms. The maximum atomic E-state index is 11.8. The van der Waals surface area contributed by atoms with E-state index in [2.05, 4.69) is 27.9 Å².